The minimum Gasteiger partial charge on any atom is -0.326 e. The Bertz CT molecular complexity index is 130. The molecule has 0 aromatic heterocycles. The zero-order chi connectivity index (χ0) is 8.74. The van der Waals surface area contributed by atoms with Crippen molar-refractivity contribution in [3.05, 3.63) is 9.81 Å². The van der Waals surface area contributed by atoms with E-state index in [2.05, 4.69) is 10.4 Å². The van der Waals surface area contributed by atoms with Crippen LogP contribution in [0.3, 0.4) is 0 Å². The van der Waals surface area contributed by atoms with E-state index in [-0.39, 0.29) is 6.54 Å². The second-order valence-corrected chi connectivity index (χ2v) is 2.47. The van der Waals surface area contributed by atoms with E-state index in [1.165, 1.54) is 0 Å². The molecule has 0 saturated heterocycles. The van der Waals surface area contributed by atoms with Crippen LogP contribution < -0.4 is 5.73 Å². The molecule has 0 unspecified atom stereocenters. The lowest BCUT2D eigenvalue weighted by molar-refractivity contribution is 0.403. The zero-order valence-corrected chi connectivity index (χ0v) is 6.62. The molecule has 0 radical (unpaired) electrons. The molecule has 0 spiro atoms. The van der Waals surface area contributed by atoms with E-state index in [1.54, 1.807) is 0 Å². The van der Waals surface area contributed by atoms with Gasteiger partial charge >= 0.3 is 0 Å². The summed E-state index contributed by atoms with van der Waals surface area (Å²) in [5, 5.41) is 5.28. The molecule has 0 aliphatic heterocycles. The molecular formula is C6H13N3O2. The van der Waals surface area contributed by atoms with Gasteiger partial charge in [-0.15, -0.1) is 9.81 Å². The molecule has 0 bridgehead atoms. The predicted octanol–water partition coefficient (Wildman–Crippen LogP) is 1.36. The average Bonchev–Trinajstić information content (AvgIpc) is 2.08. The number of hydrogen-bond acceptors (Lipinski definition) is 5. The van der Waals surface area contributed by atoms with Crippen LogP contribution in [0.1, 0.15) is 26.2 Å². The fourth-order valence-corrected chi connectivity index (χ4v) is 0.744. The number of nitroso groups, excluding NO2 is 2. The Morgan fingerprint density at radius 3 is 2.18 bits per heavy atom. The van der Waals surface area contributed by atoms with Crippen molar-refractivity contribution in [2.75, 3.05) is 6.54 Å². The Hall–Kier alpha value is -0.840. The van der Waals surface area contributed by atoms with Crippen molar-refractivity contribution < 1.29 is 0 Å². The van der Waals surface area contributed by atoms with Crippen molar-refractivity contribution in [1.29, 1.82) is 0 Å². The second kappa shape index (κ2) is 4.90. The SMILES string of the molecule is CCCCC(CN)(N=O)N=O. The van der Waals surface area contributed by atoms with E-state index in [0.717, 1.165) is 12.8 Å². The summed E-state index contributed by atoms with van der Waals surface area (Å²) in [6, 6.07) is 0. The van der Waals surface area contributed by atoms with Crippen LogP contribution in [0.2, 0.25) is 0 Å². The van der Waals surface area contributed by atoms with E-state index in [4.69, 9.17) is 5.73 Å². The number of nitrogens with zero attached hydrogens (tertiary/aromatic N) is 2. The van der Waals surface area contributed by atoms with Crippen molar-refractivity contribution in [2.24, 2.45) is 16.1 Å². The fraction of sp³-hybridized carbons (Fsp3) is 1.00. The molecule has 0 amide bonds. The van der Waals surface area contributed by atoms with E-state index in [1.807, 2.05) is 6.92 Å². The normalized spacial score (nSPS) is 11.1. The monoisotopic (exact) mass is 159 g/mol. The molecule has 0 aromatic rings. The average molecular weight is 159 g/mol. The lowest BCUT2D eigenvalue weighted by Crippen LogP contribution is -2.32. The van der Waals surface area contributed by atoms with Gasteiger partial charge in [0, 0.05) is 13.0 Å². The fourth-order valence-electron chi connectivity index (χ4n) is 0.744. The van der Waals surface area contributed by atoms with Crippen molar-refractivity contribution in [3.8, 4) is 0 Å². The van der Waals surface area contributed by atoms with E-state index < -0.39 is 5.66 Å². The van der Waals surface area contributed by atoms with Crippen LogP contribution in [-0.4, -0.2) is 12.2 Å². The molecule has 5 nitrogen and oxygen atoms in total. The summed E-state index contributed by atoms with van der Waals surface area (Å²) in [5.41, 5.74) is 3.78. The highest BCUT2D eigenvalue weighted by Gasteiger charge is 2.30. The Balaban J connectivity index is 4.05. The molecule has 11 heavy (non-hydrogen) atoms. The summed E-state index contributed by atoms with van der Waals surface area (Å²) in [7, 11) is 0. The van der Waals surface area contributed by atoms with Crippen LogP contribution in [0.25, 0.3) is 0 Å². The molecule has 64 valence electrons. The van der Waals surface area contributed by atoms with Crippen LogP contribution in [0.15, 0.2) is 10.4 Å². The highest BCUT2D eigenvalue weighted by molar-refractivity contribution is 4.85. The van der Waals surface area contributed by atoms with Gasteiger partial charge in [0.15, 0.2) is 0 Å². The standard InChI is InChI=1S/C6H13N3O2/c1-2-3-4-6(5-7,8-10)9-11/h2-5,7H2,1H3. The number of unbranched alkanes of at least 4 members (excludes halogenated alkanes) is 1. The number of rotatable bonds is 6. The molecule has 0 rings (SSSR count). The smallest absolute Gasteiger partial charge is 0.244 e. The van der Waals surface area contributed by atoms with Gasteiger partial charge in [-0.3, -0.25) is 0 Å². The third kappa shape index (κ3) is 2.71. The summed E-state index contributed by atoms with van der Waals surface area (Å²) in [4.78, 5) is 20.3. The number of hydrogen-bond donors (Lipinski definition) is 1. The summed E-state index contributed by atoms with van der Waals surface area (Å²) in [6.45, 7) is 1.86. The van der Waals surface area contributed by atoms with Crippen molar-refractivity contribution >= 4 is 0 Å². The summed E-state index contributed by atoms with van der Waals surface area (Å²) >= 11 is 0. The van der Waals surface area contributed by atoms with E-state index >= 15 is 0 Å². The van der Waals surface area contributed by atoms with Crippen molar-refractivity contribution in [1.82, 2.24) is 0 Å². The topological polar surface area (TPSA) is 84.9 Å². The maximum Gasteiger partial charge on any atom is 0.244 e. The Kier molecular flexibility index (Phi) is 4.52. The van der Waals surface area contributed by atoms with Gasteiger partial charge < -0.3 is 5.73 Å². The van der Waals surface area contributed by atoms with E-state index in [9.17, 15) is 9.81 Å². The van der Waals surface area contributed by atoms with Crippen LogP contribution in [0.4, 0.5) is 0 Å². The van der Waals surface area contributed by atoms with Gasteiger partial charge in [0.25, 0.3) is 0 Å². The molecule has 0 aliphatic rings. The Morgan fingerprint density at radius 2 is 1.91 bits per heavy atom. The Morgan fingerprint density at radius 1 is 1.36 bits per heavy atom. The van der Waals surface area contributed by atoms with Gasteiger partial charge in [-0.1, -0.05) is 13.3 Å². The molecule has 0 fully saturated rings. The van der Waals surface area contributed by atoms with Crippen molar-refractivity contribution in [2.45, 2.75) is 31.8 Å². The first kappa shape index (κ1) is 10.2. The lowest BCUT2D eigenvalue weighted by Gasteiger charge is -2.14. The molecule has 0 atom stereocenters. The summed E-state index contributed by atoms with van der Waals surface area (Å²) < 4.78 is 0. The van der Waals surface area contributed by atoms with Gasteiger partial charge in [0.05, 0.1) is 0 Å². The zero-order valence-electron chi connectivity index (χ0n) is 6.62. The molecule has 0 saturated carbocycles. The van der Waals surface area contributed by atoms with Crippen LogP contribution >= 0.6 is 0 Å². The van der Waals surface area contributed by atoms with Gasteiger partial charge in [-0.2, -0.15) is 0 Å². The molecule has 0 heterocycles. The highest BCUT2D eigenvalue weighted by Crippen LogP contribution is 2.18. The summed E-state index contributed by atoms with van der Waals surface area (Å²) in [6.07, 6.45) is 1.99. The van der Waals surface area contributed by atoms with E-state index in [0.29, 0.717) is 6.42 Å². The molecule has 5 heteroatoms. The number of nitrogens with two attached hydrogens (primary N) is 1. The first-order valence-corrected chi connectivity index (χ1v) is 3.63. The molecule has 0 aliphatic carbocycles. The van der Waals surface area contributed by atoms with Crippen LogP contribution in [0, 0.1) is 9.81 Å². The van der Waals surface area contributed by atoms with Gasteiger partial charge in [-0.25, -0.2) is 0 Å². The highest BCUT2D eigenvalue weighted by atomic mass is 16.3. The van der Waals surface area contributed by atoms with Crippen LogP contribution in [-0.2, 0) is 0 Å². The van der Waals surface area contributed by atoms with Crippen molar-refractivity contribution in [3.63, 3.8) is 0 Å². The predicted molar refractivity (Wildman–Crippen MR) is 42.9 cm³/mol. The quantitative estimate of drug-likeness (QED) is 0.594. The van der Waals surface area contributed by atoms with Gasteiger partial charge in [0.1, 0.15) is 0 Å². The Labute approximate surface area is 65.3 Å². The van der Waals surface area contributed by atoms with Gasteiger partial charge in [0.2, 0.25) is 5.66 Å². The molecular weight excluding hydrogens is 146 g/mol. The maximum atomic E-state index is 10.2. The second-order valence-electron chi connectivity index (χ2n) is 2.47. The molecule has 0 aromatic carbocycles. The minimum atomic E-state index is -1.41. The minimum absolute atomic E-state index is 0.0972. The first-order valence-electron chi connectivity index (χ1n) is 3.63. The first-order chi connectivity index (χ1) is 5.24. The third-order valence-corrected chi connectivity index (χ3v) is 1.60. The lowest BCUT2D eigenvalue weighted by atomic mass is 10.1. The van der Waals surface area contributed by atoms with Gasteiger partial charge in [-0.05, 0) is 16.8 Å². The third-order valence-electron chi connectivity index (χ3n) is 1.60. The summed E-state index contributed by atoms with van der Waals surface area (Å²) in [5.74, 6) is 0. The largest absolute Gasteiger partial charge is 0.326 e. The maximum absolute atomic E-state index is 10.2. The van der Waals surface area contributed by atoms with Crippen LogP contribution in [0.5, 0.6) is 0 Å². The molecule has 2 N–H and O–H groups in total.